The quantitative estimate of drug-likeness (QED) is 0.553. The Balaban J connectivity index is 0.00000361. The second-order valence-corrected chi connectivity index (χ2v) is 5.36. The zero-order valence-electron chi connectivity index (χ0n) is 12.7. The van der Waals surface area contributed by atoms with E-state index in [-0.39, 0.29) is 56.0 Å². The van der Waals surface area contributed by atoms with Crippen molar-refractivity contribution in [3.8, 4) is 0 Å². The molecule has 0 bridgehead atoms. The van der Waals surface area contributed by atoms with Gasteiger partial charge >= 0.3 is 5.97 Å². The van der Waals surface area contributed by atoms with Crippen LogP contribution in [0.5, 0.6) is 0 Å². The fraction of sp³-hybridized carbons (Fsp3) is 0.786. The van der Waals surface area contributed by atoms with Crippen LogP contribution < -0.4 is 5.32 Å². The van der Waals surface area contributed by atoms with Crippen molar-refractivity contribution in [2.45, 2.75) is 57.3 Å². The van der Waals surface area contributed by atoms with Crippen LogP contribution in [0.3, 0.4) is 0 Å². The van der Waals surface area contributed by atoms with E-state index in [4.69, 9.17) is 15.6 Å². The van der Waals surface area contributed by atoms with Crippen LogP contribution in [-0.4, -0.2) is 41.9 Å². The molecule has 3 unspecified atom stereocenters. The van der Waals surface area contributed by atoms with Crippen molar-refractivity contribution in [3.63, 3.8) is 0 Å². The first-order chi connectivity index (χ1) is 8.89. The Labute approximate surface area is 157 Å². The van der Waals surface area contributed by atoms with Crippen molar-refractivity contribution < 1.29 is 58.7 Å². The summed E-state index contributed by atoms with van der Waals surface area (Å²) in [5, 5.41) is 12.2. The second-order valence-electron chi connectivity index (χ2n) is 5.36. The summed E-state index contributed by atoms with van der Waals surface area (Å²) in [5.41, 5.74) is 7.88. The molecular weight excluding hydrogens is 471 g/mol. The molecule has 0 saturated carbocycles. The number of rotatable bonds is 6. The maximum atomic E-state index is 11.1. The van der Waals surface area contributed by atoms with E-state index >= 15 is 0 Å². The van der Waals surface area contributed by atoms with E-state index in [1.165, 1.54) is 0 Å². The zero-order chi connectivity index (χ0) is 14.6. The van der Waals surface area contributed by atoms with Crippen molar-refractivity contribution in [2.75, 3.05) is 7.11 Å². The number of carbonyl (C=O) groups is 1. The molecule has 113 valence electrons. The summed E-state index contributed by atoms with van der Waals surface area (Å²) in [6.45, 7) is 5.81. The summed E-state index contributed by atoms with van der Waals surface area (Å²) in [5.74, 6) is -0.783. The van der Waals surface area contributed by atoms with Crippen LogP contribution in [0.15, 0.2) is 12.2 Å². The van der Waals surface area contributed by atoms with Crippen molar-refractivity contribution in [2.24, 2.45) is 5.92 Å². The normalized spacial score (nSPS) is 30.8. The summed E-state index contributed by atoms with van der Waals surface area (Å²) in [6, 6.07) is -1.27. The summed E-state index contributed by atoms with van der Waals surface area (Å²) >= 11 is 0. The number of hydrogen-bond acceptors (Lipinski definition) is 3. The summed E-state index contributed by atoms with van der Waals surface area (Å²) < 4.78 is 5.48. The van der Waals surface area contributed by atoms with Gasteiger partial charge in [0.1, 0.15) is 6.04 Å². The molecule has 5 atom stereocenters. The van der Waals surface area contributed by atoms with E-state index in [9.17, 15) is 4.79 Å². The second kappa shape index (κ2) is 8.85. The van der Waals surface area contributed by atoms with Crippen LogP contribution in [0.4, 0.5) is 0 Å². The predicted octanol–water partition coefficient (Wildman–Crippen LogP) is 2.23. The molecule has 20 heavy (non-hydrogen) atoms. The Bertz CT molecular complexity index is 345. The van der Waals surface area contributed by atoms with Gasteiger partial charge in [-0.2, -0.15) is 0 Å². The van der Waals surface area contributed by atoms with Gasteiger partial charge in [-0.1, -0.05) is 25.1 Å². The third kappa shape index (κ3) is 4.51. The Morgan fingerprint density at radius 3 is 2.65 bits per heavy atom. The molecule has 0 aromatic heterocycles. The topological polar surface area (TPSA) is 82.4 Å². The van der Waals surface area contributed by atoms with Crippen LogP contribution in [0.2, 0.25) is 0 Å². The molecule has 1 aliphatic rings. The number of carboxylic acid groups (broad SMARTS) is 1. The predicted molar refractivity (Wildman–Crippen MR) is 75.1 cm³/mol. The van der Waals surface area contributed by atoms with Crippen LogP contribution in [0.25, 0.3) is 5.73 Å². The van der Waals surface area contributed by atoms with Crippen LogP contribution >= 0.6 is 0 Å². The van der Waals surface area contributed by atoms with E-state index in [2.05, 4.69) is 5.32 Å². The molecule has 0 aromatic rings. The average molecular weight is 496 g/mol. The molecule has 1 saturated heterocycles. The molecule has 3 N–H and O–H groups in total. The molecule has 5 nitrogen and oxygen atoms in total. The van der Waals surface area contributed by atoms with Gasteiger partial charge in [0.25, 0.3) is 0 Å². The number of allylic oxidation sites excluding steroid dienone is 1. The first kappa shape index (κ1) is 20.5. The molecule has 0 aliphatic carbocycles. The van der Waals surface area contributed by atoms with Gasteiger partial charge in [0.2, 0.25) is 0 Å². The summed E-state index contributed by atoms with van der Waals surface area (Å²) in [7, 11) is 1.61. The third-order valence-corrected chi connectivity index (χ3v) is 4.29. The molecule has 1 fully saturated rings. The van der Waals surface area contributed by atoms with Crippen LogP contribution in [-0.2, 0) is 9.53 Å². The van der Waals surface area contributed by atoms with Gasteiger partial charge in [0.15, 0.2) is 0 Å². The fourth-order valence-electron chi connectivity index (χ4n) is 2.67. The van der Waals surface area contributed by atoms with Crippen molar-refractivity contribution in [3.05, 3.63) is 17.9 Å². The van der Waals surface area contributed by atoms with E-state index in [0.29, 0.717) is 6.42 Å². The first-order valence-corrected chi connectivity index (χ1v) is 6.77. The Morgan fingerprint density at radius 1 is 1.65 bits per heavy atom. The Morgan fingerprint density at radius 2 is 2.25 bits per heavy atom. The van der Waals surface area contributed by atoms with E-state index < -0.39 is 23.7 Å². The number of methoxy groups -OCH3 is 1. The molecule has 0 aromatic carbocycles. The number of ether oxygens (including phenoxy) is 1. The van der Waals surface area contributed by atoms with E-state index in [0.717, 1.165) is 6.42 Å². The molecule has 6 heteroatoms. The van der Waals surface area contributed by atoms with Gasteiger partial charge in [0.05, 0.1) is 5.60 Å². The third-order valence-electron chi connectivity index (χ3n) is 4.29. The Hall–Kier alpha value is 0.532. The van der Waals surface area contributed by atoms with Gasteiger partial charge in [-0.25, -0.2) is 0 Å². The van der Waals surface area contributed by atoms with Gasteiger partial charge < -0.3 is 20.9 Å². The van der Waals surface area contributed by atoms with Crippen molar-refractivity contribution in [1.82, 2.24) is 5.32 Å². The first-order valence-electron chi connectivity index (χ1n) is 6.77. The standard InChI is InChI=1S/C14H25N2O3.Ac/c1-5-7-9-8-10(13(17)18)16-11(9)12(15)14(3,6-2)19-4;/h5,7,9-12,15-16H,6,8H2,1-4H3,(H,17,18);/q-1;/b7-5-;/t9-,10-,11?,12?,14?;/m1./s1. The van der Waals surface area contributed by atoms with E-state index in [1.807, 2.05) is 32.9 Å². The van der Waals surface area contributed by atoms with Crippen molar-refractivity contribution in [1.29, 1.82) is 0 Å². The van der Waals surface area contributed by atoms with Gasteiger partial charge in [-0.3, -0.25) is 4.79 Å². The molecule has 1 rings (SSSR count). The SMILES string of the molecule is C/C=C\[C@@H]1C[C@H](C(=O)O)NC1C([NH-])C(C)(CC)OC.[Ac]. The number of nitrogens with one attached hydrogen (secondary N) is 2. The molecule has 1 heterocycles. The molecule has 0 spiro atoms. The van der Waals surface area contributed by atoms with E-state index in [1.54, 1.807) is 7.11 Å². The summed E-state index contributed by atoms with van der Waals surface area (Å²) in [4.78, 5) is 11.1. The monoisotopic (exact) mass is 496 g/mol. The van der Waals surface area contributed by atoms with Gasteiger partial charge in [-0.05, 0) is 32.6 Å². The summed E-state index contributed by atoms with van der Waals surface area (Å²) in [6.07, 6.45) is 5.17. The largest absolute Gasteiger partial charge is 0.671 e. The van der Waals surface area contributed by atoms with Gasteiger partial charge in [0, 0.05) is 57.2 Å². The molecule has 1 aliphatic heterocycles. The minimum absolute atomic E-state index is 0. The smallest absolute Gasteiger partial charge is 0.320 e. The molecular formula is C14H25AcN2O3-. The molecule has 0 amide bonds. The zero-order valence-corrected chi connectivity index (χ0v) is 17.5. The maximum absolute atomic E-state index is 11.1. The maximum Gasteiger partial charge on any atom is 0.320 e. The number of carboxylic acids is 1. The van der Waals surface area contributed by atoms with Gasteiger partial charge in [-0.15, -0.1) is 0 Å². The Kier molecular flexibility index (Phi) is 9.08. The molecule has 1 radical (unpaired) electrons. The minimum atomic E-state index is -0.847. The van der Waals surface area contributed by atoms with Crippen LogP contribution in [0.1, 0.15) is 33.6 Å². The minimum Gasteiger partial charge on any atom is -0.671 e. The number of aliphatic carboxylic acids is 1. The fourth-order valence-corrected chi connectivity index (χ4v) is 2.67. The average Bonchev–Trinajstić information content (AvgIpc) is 2.81. The van der Waals surface area contributed by atoms with Crippen LogP contribution in [0, 0.1) is 50.0 Å². The van der Waals surface area contributed by atoms with Crippen molar-refractivity contribution >= 4 is 5.97 Å². The number of hydrogen-bond donors (Lipinski definition) is 2.